The minimum atomic E-state index is 0.472. The molecule has 0 aliphatic carbocycles. The van der Waals surface area contributed by atoms with E-state index >= 15 is 0 Å². The van der Waals surface area contributed by atoms with Crippen LogP contribution in [0.15, 0.2) is 54.7 Å². The molecule has 0 aliphatic heterocycles. The van der Waals surface area contributed by atoms with E-state index in [-0.39, 0.29) is 0 Å². The summed E-state index contributed by atoms with van der Waals surface area (Å²) in [6, 6.07) is 17.3. The average Bonchev–Trinajstić information content (AvgIpc) is 3.10. The molecular formula is C18H17N3. The minimum absolute atomic E-state index is 0.472. The van der Waals surface area contributed by atoms with Gasteiger partial charge in [-0.3, -0.25) is 0 Å². The molecule has 2 heterocycles. The molecule has 0 spiro atoms. The molecule has 0 amide bonds. The van der Waals surface area contributed by atoms with Crippen molar-refractivity contribution in [2.24, 2.45) is 0 Å². The SMILES string of the molecule is CC(C)n1ccc2cc(-c3nc4ccccc4[nH]3)ccc21. The maximum atomic E-state index is 4.67. The third kappa shape index (κ3) is 1.93. The fraction of sp³-hybridized carbons (Fsp3) is 0.167. The zero-order valence-corrected chi connectivity index (χ0v) is 12.2. The number of aromatic nitrogens is 3. The molecule has 21 heavy (non-hydrogen) atoms. The van der Waals surface area contributed by atoms with E-state index in [1.165, 1.54) is 10.9 Å². The molecule has 3 nitrogen and oxygen atoms in total. The van der Waals surface area contributed by atoms with Gasteiger partial charge in [-0.25, -0.2) is 4.98 Å². The minimum Gasteiger partial charge on any atom is -0.345 e. The fourth-order valence-electron chi connectivity index (χ4n) is 2.85. The lowest BCUT2D eigenvalue weighted by atomic mass is 10.1. The highest BCUT2D eigenvalue weighted by atomic mass is 15.0. The Hall–Kier alpha value is -2.55. The first-order valence-electron chi connectivity index (χ1n) is 7.28. The average molecular weight is 275 g/mol. The van der Waals surface area contributed by atoms with Gasteiger partial charge in [-0.1, -0.05) is 12.1 Å². The first kappa shape index (κ1) is 12.2. The highest BCUT2D eigenvalue weighted by molar-refractivity contribution is 5.86. The highest BCUT2D eigenvalue weighted by Crippen LogP contribution is 2.26. The number of nitrogens with zero attached hydrogens (tertiary/aromatic N) is 2. The Balaban J connectivity index is 1.86. The van der Waals surface area contributed by atoms with E-state index in [1.807, 2.05) is 18.2 Å². The van der Waals surface area contributed by atoms with Crippen LogP contribution in [0.25, 0.3) is 33.3 Å². The largest absolute Gasteiger partial charge is 0.345 e. The second-order valence-corrected chi connectivity index (χ2v) is 5.69. The van der Waals surface area contributed by atoms with E-state index in [4.69, 9.17) is 0 Å². The number of rotatable bonds is 2. The standard InChI is InChI=1S/C18H17N3/c1-12(2)21-10-9-13-11-14(7-8-17(13)21)18-19-15-5-3-4-6-16(15)20-18/h3-12H,1-2H3,(H,19,20). The molecule has 1 N–H and O–H groups in total. The summed E-state index contributed by atoms with van der Waals surface area (Å²) < 4.78 is 2.29. The van der Waals surface area contributed by atoms with Gasteiger partial charge in [-0.05, 0) is 50.2 Å². The Bertz CT molecular complexity index is 895. The number of imidazole rings is 1. The lowest BCUT2D eigenvalue weighted by Crippen LogP contribution is -1.97. The molecule has 2 aromatic heterocycles. The van der Waals surface area contributed by atoms with Gasteiger partial charge in [0.05, 0.1) is 11.0 Å². The van der Waals surface area contributed by atoms with Crippen LogP contribution in [0, 0.1) is 0 Å². The number of H-pyrrole nitrogens is 1. The van der Waals surface area contributed by atoms with Crippen molar-refractivity contribution in [1.29, 1.82) is 0 Å². The van der Waals surface area contributed by atoms with Gasteiger partial charge in [0.1, 0.15) is 5.82 Å². The lowest BCUT2D eigenvalue weighted by molar-refractivity contribution is 0.623. The second kappa shape index (κ2) is 4.48. The van der Waals surface area contributed by atoms with Crippen LogP contribution >= 0.6 is 0 Å². The number of para-hydroxylation sites is 2. The summed E-state index contributed by atoms with van der Waals surface area (Å²) in [6.45, 7) is 4.40. The molecule has 0 aliphatic rings. The number of nitrogens with one attached hydrogen (secondary N) is 1. The van der Waals surface area contributed by atoms with Crippen LogP contribution in [0.4, 0.5) is 0 Å². The van der Waals surface area contributed by atoms with Crippen LogP contribution in [0.1, 0.15) is 19.9 Å². The summed E-state index contributed by atoms with van der Waals surface area (Å²) in [7, 11) is 0. The second-order valence-electron chi connectivity index (χ2n) is 5.69. The van der Waals surface area contributed by atoms with Crippen LogP contribution < -0.4 is 0 Å². The van der Waals surface area contributed by atoms with Gasteiger partial charge < -0.3 is 9.55 Å². The van der Waals surface area contributed by atoms with E-state index < -0.39 is 0 Å². The van der Waals surface area contributed by atoms with Crippen LogP contribution in [0.3, 0.4) is 0 Å². The van der Waals surface area contributed by atoms with Crippen molar-refractivity contribution in [2.75, 3.05) is 0 Å². The van der Waals surface area contributed by atoms with E-state index in [0.29, 0.717) is 6.04 Å². The summed E-state index contributed by atoms with van der Waals surface area (Å²) in [5.41, 5.74) is 4.48. The van der Waals surface area contributed by atoms with Gasteiger partial charge in [0.2, 0.25) is 0 Å². The number of aromatic amines is 1. The first-order valence-corrected chi connectivity index (χ1v) is 7.28. The van der Waals surface area contributed by atoms with E-state index in [1.54, 1.807) is 0 Å². The maximum absolute atomic E-state index is 4.67. The summed E-state index contributed by atoms with van der Waals surface area (Å²) in [5, 5.41) is 1.25. The van der Waals surface area contributed by atoms with Crippen molar-refractivity contribution in [1.82, 2.24) is 14.5 Å². The van der Waals surface area contributed by atoms with Gasteiger partial charge in [0.25, 0.3) is 0 Å². The molecular weight excluding hydrogens is 258 g/mol. The Labute approximate surface area is 123 Å². The normalized spacial score (nSPS) is 11.8. The maximum Gasteiger partial charge on any atom is 0.138 e. The number of fused-ring (bicyclic) bond motifs is 2. The number of hydrogen-bond donors (Lipinski definition) is 1. The molecule has 0 radical (unpaired) electrons. The Morgan fingerprint density at radius 1 is 1.05 bits per heavy atom. The van der Waals surface area contributed by atoms with Crippen LogP contribution in [-0.2, 0) is 0 Å². The van der Waals surface area contributed by atoms with Crippen LogP contribution in [0.5, 0.6) is 0 Å². The molecule has 3 heteroatoms. The molecule has 0 bridgehead atoms. The van der Waals surface area contributed by atoms with E-state index in [0.717, 1.165) is 22.4 Å². The zero-order chi connectivity index (χ0) is 14.4. The highest BCUT2D eigenvalue weighted by Gasteiger charge is 2.08. The third-order valence-corrected chi connectivity index (χ3v) is 3.94. The molecule has 2 aromatic carbocycles. The summed E-state index contributed by atoms with van der Waals surface area (Å²) in [4.78, 5) is 8.06. The van der Waals surface area contributed by atoms with Crippen molar-refractivity contribution in [3.63, 3.8) is 0 Å². The van der Waals surface area contributed by atoms with Crippen LogP contribution in [0.2, 0.25) is 0 Å². The lowest BCUT2D eigenvalue weighted by Gasteiger charge is -2.09. The monoisotopic (exact) mass is 275 g/mol. The first-order chi connectivity index (χ1) is 10.2. The van der Waals surface area contributed by atoms with Crippen molar-refractivity contribution >= 4 is 21.9 Å². The van der Waals surface area contributed by atoms with Crippen LogP contribution in [-0.4, -0.2) is 14.5 Å². The fourth-order valence-corrected chi connectivity index (χ4v) is 2.85. The molecule has 0 saturated heterocycles. The summed E-state index contributed by atoms with van der Waals surface area (Å²) >= 11 is 0. The quantitative estimate of drug-likeness (QED) is 0.562. The van der Waals surface area contributed by atoms with Gasteiger partial charge in [0.15, 0.2) is 0 Å². The van der Waals surface area contributed by atoms with Crippen molar-refractivity contribution in [3.8, 4) is 11.4 Å². The topological polar surface area (TPSA) is 33.6 Å². The number of hydrogen-bond acceptors (Lipinski definition) is 1. The van der Waals surface area contributed by atoms with Crippen molar-refractivity contribution in [3.05, 3.63) is 54.7 Å². The summed E-state index contributed by atoms with van der Waals surface area (Å²) in [6.07, 6.45) is 2.15. The molecule has 0 saturated carbocycles. The molecule has 4 aromatic rings. The Morgan fingerprint density at radius 3 is 2.71 bits per heavy atom. The Kier molecular flexibility index (Phi) is 2.61. The molecule has 4 rings (SSSR count). The molecule has 0 unspecified atom stereocenters. The van der Waals surface area contributed by atoms with E-state index in [9.17, 15) is 0 Å². The smallest absolute Gasteiger partial charge is 0.138 e. The molecule has 0 atom stereocenters. The number of benzene rings is 2. The zero-order valence-electron chi connectivity index (χ0n) is 12.2. The van der Waals surface area contributed by atoms with Crippen molar-refractivity contribution < 1.29 is 0 Å². The van der Waals surface area contributed by atoms with E-state index in [2.05, 4.69) is 64.9 Å². The third-order valence-electron chi connectivity index (χ3n) is 3.94. The predicted octanol–water partition coefficient (Wildman–Crippen LogP) is 4.77. The Morgan fingerprint density at radius 2 is 1.90 bits per heavy atom. The predicted molar refractivity (Wildman–Crippen MR) is 87.4 cm³/mol. The van der Waals surface area contributed by atoms with Gasteiger partial charge in [-0.2, -0.15) is 0 Å². The molecule has 0 fully saturated rings. The summed E-state index contributed by atoms with van der Waals surface area (Å²) in [5.74, 6) is 0.926. The van der Waals surface area contributed by atoms with Gasteiger partial charge >= 0.3 is 0 Å². The molecule has 104 valence electrons. The van der Waals surface area contributed by atoms with Gasteiger partial charge in [0, 0.05) is 28.7 Å². The van der Waals surface area contributed by atoms with Crippen molar-refractivity contribution in [2.45, 2.75) is 19.9 Å². The van der Waals surface area contributed by atoms with Gasteiger partial charge in [-0.15, -0.1) is 0 Å².